The van der Waals surface area contributed by atoms with Crippen LogP contribution in [0.2, 0.25) is 0 Å². The maximum Gasteiger partial charge on any atom is 0.446 e. The standard InChI is InChI=1S/C13H14F6N2S/c14-12(15,16)11(21-7-5-20-6-8-21)9-3-1-2-4-10(9)22-13(17,18)19/h1-4,11,20H,5-8H2/t11-/m0/s1. The first kappa shape index (κ1) is 17.4. The van der Waals surface area contributed by atoms with Crippen LogP contribution in [0.5, 0.6) is 0 Å². The second-order valence-corrected chi connectivity index (χ2v) is 5.92. The van der Waals surface area contributed by atoms with E-state index >= 15 is 0 Å². The number of rotatable bonds is 3. The summed E-state index contributed by atoms with van der Waals surface area (Å²) in [5.41, 5.74) is -4.98. The van der Waals surface area contributed by atoms with Crippen LogP contribution in [0, 0.1) is 0 Å². The van der Waals surface area contributed by atoms with Gasteiger partial charge in [-0.2, -0.15) is 26.3 Å². The predicted molar refractivity (Wildman–Crippen MR) is 71.6 cm³/mol. The van der Waals surface area contributed by atoms with E-state index in [4.69, 9.17) is 0 Å². The third-order valence-electron chi connectivity index (χ3n) is 3.27. The molecule has 1 atom stereocenters. The molecule has 0 amide bonds. The molecule has 0 spiro atoms. The first-order valence-corrected chi connectivity index (χ1v) is 7.36. The van der Waals surface area contributed by atoms with Gasteiger partial charge in [0.2, 0.25) is 0 Å². The summed E-state index contributed by atoms with van der Waals surface area (Å²) in [6, 6.07) is 2.81. The number of piperazine rings is 1. The molecule has 22 heavy (non-hydrogen) atoms. The topological polar surface area (TPSA) is 15.3 Å². The Morgan fingerprint density at radius 3 is 2.14 bits per heavy atom. The molecule has 1 heterocycles. The zero-order chi connectivity index (χ0) is 16.4. The van der Waals surface area contributed by atoms with Crippen LogP contribution in [-0.2, 0) is 0 Å². The van der Waals surface area contributed by atoms with Gasteiger partial charge in [-0.25, -0.2) is 0 Å². The Labute approximate surface area is 127 Å². The molecular weight excluding hydrogens is 330 g/mol. The van der Waals surface area contributed by atoms with E-state index in [-0.39, 0.29) is 18.7 Å². The lowest BCUT2D eigenvalue weighted by Crippen LogP contribution is -2.49. The van der Waals surface area contributed by atoms with E-state index in [1.807, 2.05) is 0 Å². The average molecular weight is 344 g/mol. The van der Waals surface area contributed by atoms with Crippen LogP contribution in [0.1, 0.15) is 11.6 Å². The fourth-order valence-corrected chi connectivity index (χ4v) is 3.14. The first-order chi connectivity index (χ1) is 10.2. The van der Waals surface area contributed by atoms with Gasteiger partial charge in [-0.05, 0) is 23.4 Å². The molecule has 1 N–H and O–H groups in total. The summed E-state index contributed by atoms with van der Waals surface area (Å²) < 4.78 is 78.1. The maximum atomic E-state index is 13.5. The Kier molecular flexibility index (Phi) is 5.29. The van der Waals surface area contributed by atoms with Gasteiger partial charge in [0.1, 0.15) is 6.04 Å². The van der Waals surface area contributed by atoms with Crippen molar-refractivity contribution in [2.75, 3.05) is 26.2 Å². The van der Waals surface area contributed by atoms with Crippen molar-refractivity contribution >= 4 is 11.8 Å². The molecule has 124 valence electrons. The van der Waals surface area contributed by atoms with Crippen molar-refractivity contribution in [2.45, 2.75) is 22.6 Å². The predicted octanol–water partition coefficient (Wildman–Crippen LogP) is 3.81. The fourth-order valence-electron chi connectivity index (χ4n) is 2.44. The number of halogens is 6. The van der Waals surface area contributed by atoms with Gasteiger partial charge < -0.3 is 5.32 Å². The molecule has 2 rings (SSSR count). The Balaban J connectivity index is 2.39. The van der Waals surface area contributed by atoms with Gasteiger partial charge in [0.25, 0.3) is 0 Å². The smallest absolute Gasteiger partial charge is 0.314 e. The minimum Gasteiger partial charge on any atom is -0.314 e. The third-order valence-corrected chi connectivity index (χ3v) is 4.09. The van der Waals surface area contributed by atoms with E-state index in [0.29, 0.717) is 13.1 Å². The summed E-state index contributed by atoms with van der Waals surface area (Å²) in [5, 5.41) is 2.93. The highest BCUT2D eigenvalue weighted by molar-refractivity contribution is 8.00. The quantitative estimate of drug-likeness (QED) is 0.663. The Morgan fingerprint density at radius 1 is 1.00 bits per heavy atom. The minimum absolute atomic E-state index is 0.134. The van der Waals surface area contributed by atoms with Crippen LogP contribution >= 0.6 is 11.8 Å². The highest BCUT2D eigenvalue weighted by atomic mass is 32.2. The molecule has 1 aromatic carbocycles. The van der Waals surface area contributed by atoms with Gasteiger partial charge >= 0.3 is 11.7 Å². The second kappa shape index (κ2) is 6.67. The zero-order valence-corrected chi connectivity index (χ0v) is 12.2. The van der Waals surface area contributed by atoms with E-state index < -0.39 is 34.4 Å². The number of benzene rings is 1. The molecule has 0 bridgehead atoms. The van der Waals surface area contributed by atoms with Gasteiger partial charge in [0, 0.05) is 31.1 Å². The molecule has 0 aliphatic carbocycles. The third kappa shape index (κ3) is 4.53. The lowest BCUT2D eigenvalue weighted by Gasteiger charge is -2.36. The van der Waals surface area contributed by atoms with Gasteiger partial charge in [-0.3, -0.25) is 4.90 Å². The van der Waals surface area contributed by atoms with E-state index in [9.17, 15) is 26.3 Å². The largest absolute Gasteiger partial charge is 0.446 e. The Hall–Kier alpha value is -0.930. The van der Waals surface area contributed by atoms with Crippen LogP contribution in [-0.4, -0.2) is 42.8 Å². The van der Waals surface area contributed by atoms with E-state index in [1.165, 1.54) is 17.0 Å². The summed E-state index contributed by atoms with van der Waals surface area (Å²) >= 11 is -0.506. The molecule has 1 aromatic rings. The Bertz CT molecular complexity index is 496. The minimum atomic E-state index is -4.64. The van der Waals surface area contributed by atoms with Gasteiger partial charge in [-0.15, -0.1) is 0 Å². The van der Waals surface area contributed by atoms with Crippen molar-refractivity contribution in [3.63, 3.8) is 0 Å². The number of nitrogens with one attached hydrogen (secondary N) is 1. The molecule has 1 saturated heterocycles. The van der Waals surface area contributed by atoms with Crippen LogP contribution in [0.4, 0.5) is 26.3 Å². The number of hydrogen-bond donors (Lipinski definition) is 1. The van der Waals surface area contributed by atoms with Crippen molar-refractivity contribution in [3.8, 4) is 0 Å². The van der Waals surface area contributed by atoms with Gasteiger partial charge in [-0.1, -0.05) is 18.2 Å². The highest BCUT2D eigenvalue weighted by Crippen LogP contribution is 2.45. The summed E-state index contributed by atoms with van der Waals surface area (Å²) in [6.45, 7) is 1.02. The molecule has 1 aliphatic heterocycles. The fraction of sp³-hybridized carbons (Fsp3) is 0.538. The van der Waals surface area contributed by atoms with Crippen LogP contribution in [0.25, 0.3) is 0 Å². The number of thioether (sulfide) groups is 1. The van der Waals surface area contributed by atoms with Crippen molar-refractivity contribution in [1.82, 2.24) is 10.2 Å². The number of alkyl halides is 6. The molecule has 0 unspecified atom stereocenters. The summed E-state index contributed by atoms with van der Waals surface area (Å²) in [7, 11) is 0. The van der Waals surface area contributed by atoms with E-state index in [2.05, 4.69) is 5.32 Å². The Morgan fingerprint density at radius 2 is 1.59 bits per heavy atom. The normalized spacial score (nSPS) is 19.2. The molecule has 1 fully saturated rings. The molecule has 1 aliphatic rings. The van der Waals surface area contributed by atoms with Crippen molar-refractivity contribution < 1.29 is 26.3 Å². The zero-order valence-electron chi connectivity index (χ0n) is 11.3. The number of nitrogens with zero attached hydrogens (tertiary/aromatic N) is 1. The van der Waals surface area contributed by atoms with Crippen molar-refractivity contribution in [3.05, 3.63) is 29.8 Å². The van der Waals surface area contributed by atoms with Crippen LogP contribution in [0.3, 0.4) is 0 Å². The molecule has 9 heteroatoms. The van der Waals surface area contributed by atoms with Crippen LogP contribution < -0.4 is 5.32 Å². The van der Waals surface area contributed by atoms with Crippen LogP contribution in [0.15, 0.2) is 29.2 Å². The van der Waals surface area contributed by atoms with Gasteiger partial charge in [0.15, 0.2) is 0 Å². The average Bonchev–Trinajstić information content (AvgIpc) is 2.39. The van der Waals surface area contributed by atoms with Crippen molar-refractivity contribution in [1.29, 1.82) is 0 Å². The lowest BCUT2D eigenvalue weighted by molar-refractivity contribution is -0.188. The summed E-state index contributed by atoms with van der Waals surface area (Å²) in [4.78, 5) is 0.766. The molecule has 2 nitrogen and oxygen atoms in total. The lowest BCUT2D eigenvalue weighted by atomic mass is 10.0. The summed E-state index contributed by atoms with van der Waals surface area (Å²) in [5.74, 6) is 0. The molecular formula is C13H14F6N2S. The van der Waals surface area contributed by atoms with Gasteiger partial charge in [0.05, 0.1) is 0 Å². The summed E-state index contributed by atoms with van der Waals surface area (Å²) in [6.07, 6.45) is -4.64. The SMILES string of the molecule is FC(F)(F)Sc1ccccc1[C@H](N1CCNCC1)C(F)(F)F. The van der Waals surface area contributed by atoms with E-state index in [0.717, 1.165) is 12.1 Å². The second-order valence-electron chi connectivity index (χ2n) is 4.82. The monoisotopic (exact) mass is 344 g/mol. The highest BCUT2D eigenvalue weighted by Gasteiger charge is 2.46. The molecule has 0 saturated carbocycles. The number of hydrogen-bond acceptors (Lipinski definition) is 3. The van der Waals surface area contributed by atoms with E-state index in [1.54, 1.807) is 0 Å². The first-order valence-electron chi connectivity index (χ1n) is 6.54. The maximum absolute atomic E-state index is 13.5. The van der Waals surface area contributed by atoms with Crippen molar-refractivity contribution in [2.24, 2.45) is 0 Å². The molecule has 0 aromatic heterocycles. The molecule has 0 radical (unpaired) electrons.